The summed E-state index contributed by atoms with van der Waals surface area (Å²) in [6.45, 7) is 4.64. The molecular weight excluding hydrogens is 452 g/mol. The zero-order valence-corrected chi connectivity index (χ0v) is 20.2. The second kappa shape index (κ2) is 9.49. The third kappa shape index (κ3) is 4.27. The van der Waals surface area contributed by atoms with Crippen molar-refractivity contribution in [1.29, 1.82) is 0 Å². The van der Waals surface area contributed by atoms with Crippen LogP contribution in [0.5, 0.6) is 0 Å². The zero-order chi connectivity index (χ0) is 23.7. The molecule has 1 fully saturated rings. The van der Waals surface area contributed by atoms with Crippen molar-refractivity contribution in [2.75, 3.05) is 23.7 Å². The molecule has 1 aromatic carbocycles. The molecule has 4 heterocycles. The van der Waals surface area contributed by atoms with Crippen LogP contribution in [0.25, 0.3) is 16.9 Å². The van der Waals surface area contributed by atoms with Crippen molar-refractivity contribution in [2.24, 2.45) is 13.0 Å². The fourth-order valence-electron chi connectivity index (χ4n) is 4.52. The standard InChI is InChI=1S/C23H28N8O2S/c1-16-8-6-11-29(14-16)21-25-19-18(20(32)26-22(33)28(19)2)30(21)12-7-13-34-23-27-24-15-31(23)17-9-4-3-5-10-17/h3-5,9-10,15-16H,6-8,11-14H2,1-2H3,(H,26,32,33). The van der Waals surface area contributed by atoms with E-state index in [4.69, 9.17) is 4.98 Å². The van der Waals surface area contributed by atoms with Crippen LogP contribution in [0, 0.1) is 5.92 Å². The van der Waals surface area contributed by atoms with Gasteiger partial charge in [-0.2, -0.15) is 4.98 Å². The minimum atomic E-state index is -0.448. The molecule has 1 unspecified atom stereocenters. The minimum absolute atomic E-state index is 0.390. The van der Waals surface area contributed by atoms with E-state index >= 15 is 0 Å². The highest BCUT2D eigenvalue weighted by atomic mass is 32.2. The van der Waals surface area contributed by atoms with Crippen LogP contribution < -0.4 is 16.1 Å². The topological polar surface area (TPSA) is 107 Å². The first-order valence-corrected chi connectivity index (χ1v) is 12.5. The molecule has 5 rings (SSSR count). The van der Waals surface area contributed by atoms with Gasteiger partial charge in [0.05, 0.1) is 0 Å². The molecule has 0 saturated carbocycles. The Morgan fingerprint density at radius 1 is 1.21 bits per heavy atom. The molecule has 0 amide bonds. The van der Waals surface area contributed by atoms with Gasteiger partial charge in [-0.05, 0) is 37.3 Å². The number of thioether (sulfide) groups is 1. The van der Waals surface area contributed by atoms with Gasteiger partial charge < -0.3 is 9.47 Å². The van der Waals surface area contributed by atoms with E-state index in [-0.39, 0.29) is 0 Å². The largest absolute Gasteiger partial charge is 0.342 e. The summed E-state index contributed by atoms with van der Waals surface area (Å²) >= 11 is 1.63. The fraction of sp³-hybridized carbons (Fsp3) is 0.435. The highest BCUT2D eigenvalue weighted by molar-refractivity contribution is 7.99. The van der Waals surface area contributed by atoms with Crippen molar-refractivity contribution in [3.63, 3.8) is 0 Å². The second-order valence-corrected chi connectivity index (χ2v) is 9.83. The third-order valence-corrected chi connectivity index (χ3v) is 7.26. The van der Waals surface area contributed by atoms with Gasteiger partial charge >= 0.3 is 5.69 Å². The molecule has 10 nitrogen and oxygen atoms in total. The lowest BCUT2D eigenvalue weighted by Crippen LogP contribution is -2.36. The Kier molecular flexibility index (Phi) is 6.27. The number of piperidine rings is 1. The van der Waals surface area contributed by atoms with Crippen LogP contribution in [0.3, 0.4) is 0 Å². The summed E-state index contributed by atoms with van der Waals surface area (Å²) in [5.74, 6) is 2.12. The first-order valence-electron chi connectivity index (χ1n) is 11.6. The molecule has 0 bridgehead atoms. The molecule has 0 aliphatic carbocycles. The Balaban J connectivity index is 1.39. The number of fused-ring (bicyclic) bond motifs is 1. The van der Waals surface area contributed by atoms with Crippen molar-refractivity contribution in [3.8, 4) is 5.69 Å². The highest BCUT2D eigenvalue weighted by Crippen LogP contribution is 2.26. The molecule has 3 aromatic heterocycles. The number of imidazole rings is 1. The van der Waals surface area contributed by atoms with Gasteiger partial charge in [-0.3, -0.25) is 18.9 Å². The molecular formula is C23H28N8O2S. The molecule has 1 atom stereocenters. The average molecular weight is 481 g/mol. The number of aromatic amines is 1. The molecule has 0 radical (unpaired) electrons. The lowest BCUT2D eigenvalue weighted by molar-refractivity contribution is 0.438. The van der Waals surface area contributed by atoms with Crippen LogP contribution in [0.1, 0.15) is 26.2 Å². The molecule has 1 N–H and O–H groups in total. The molecule has 178 valence electrons. The van der Waals surface area contributed by atoms with E-state index in [1.807, 2.05) is 39.5 Å². The Morgan fingerprint density at radius 2 is 2.03 bits per heavy atom. The zero-order valence-electron chi connectivity index (χ0n) is 19.3. The van der Waals surface area contributed by atoms with Crippen LogP contribution in [0.2, 0.25) is 0 Å². The van der Waals surface area contributed by atoms with Crippen molar-refractivity contribution >= 4 is 28.9 Å². The van der Waals surface area contributed by atoms with Gasteiger partial charge in [0.2, 0.25) is 5.95 Å². The van der Waals surface area contributed by atoms with Crippen LogP contribution >= 0.6 is 11.8 Å². The van der Waals surface area contributed by atoms with Gasteiger partial charge in [-0.1, -0.05) is 36.9 Å². The van der Waals surface area contributed by atoms with E-state index in [1.165, 1.54) is 11.0 Å². The normalized spacial score (nSPS) is 16.4. The van der Waals surface area contributed by atoms with Crippen LogP contribution in [0.4, 0.5) is 5.95 Å². The Hall–Kier alpha value is -3.34. The number of hydrogen-bond donors (Lipinski definition) is 1. The predicted octanol–water partition coefficient (Wildman–Crippen LogP) is 2.42. The molecule has 1 aliphatic heterocycles. The summed E-state index contributed by atoms with van der Waals surface area (Å²) in [7, 11) is 1.65. The van der Waals surface area contributed by atoms with E-state index in [9.17, 15) is 9.59 Å². The van der Waals surface area contributed by atoms with Gasteiger partial charge in [0, 0.05) is 38.1 Å². The maximum atomic E-state index is 12.8. The van der Waals surface area contributed by atoms with Crippen molar-refractivity contribution in [3.05, 3.63) is 57.5 Å². The number of rotatable bonds is 7. The van der Waals surface area contributed by atoms with E-state index in [0.29, 0.717) is 23.6 Å². The van der Waals surface area contributed by atoms with E-state index in [2.05, 4.69) is 27.0 Å². The van der Waals surface area contributed by atoms with Gasteiger partial charge in [0.25, 0.3) is 5.56 Å². The average Bonchev–Trinajstić information content (AvgIpc) is 3.46. The lowest BCUT2D eigenvalue weighted by atomic mass is 10.0. The number of aromatic nitrogens is 7. The van der Waals surface area contributed by atoms with E-state index < -0.39 is 11.2 Å². The highest BCUT2D eigenvalue weighted by Gasteiger charge is 2.24. The Bertz CT molecular complexity index is 1400. The number of nitrogens with one attached hydrogen (secondary N) is 1. The number of benzene rings is 1. The molecule has 0 spiro atoms. The van der Waals surface area contributed by atoms with E-state index in [1.54, 1.807) is 25.1 Å². The fourth-order valence-corrected chi connectivity index (χ4v) is 5.37. The second-order valence-electron chi connectivity index (χ2n) is 8.77. The molecule has 34 heavy (non-hydrogen) atoms. The molecule has 1 aliphatic rings. The summed E-state index contributed by atoms with van der Waals surface area (Å²) in [4.78, 5) is 34.4. The van der Waals surface area contributed by atoms with Crippen molar-refractivity contribution < 1.29 is 0 Å². The van der Waals surface area contributed by atoms with Gasteiger partial charge in [-0.15, -0.1) is 10.2 Å². The van der Waals surface area contributed by atoms with Crippen molar-refractivity contribution in [1.82, 2.24) is 33.9 Å². The number of para-hydroxylation sites is 1. The predicted molar refractivity (Wildman–Crippen MR) is 133 cm³/mol. The van der Waals surface area contributed by atoms with Crippen molar-refractivity contribution in [2.45, 2.75) is 37.9 Å². The van der Waals surface area contributed by atoms with E-state index in [0.717, 1.165) is 48.5 Å². The summed E-state index contributed by atoms with van der Waals surface area (Å²) in [5, 5.41) is 9.17. The van der Waals surface area contributed by atoms with Gasteiger partial charge in [-0.25, -0.2) is 4.79 Å². The number of anilines is 1. The lowest BCUT2D eigenvalue weighted by Gasteiger charge is -2.32. The SMILES string of the molecule is CC1CCCN(c2nc3c(c(=O)[nH]c(=O)n3C)n2CCCSc2nncn2-c2ccccc2)C1. The smallest absolute Gasteiger partial charge is 0.329 e. The monoisotopic (exact) mass is 480 g/mol. The first kappa shape index (κ1) is 22.5. The Morgan fingerprint density at radius 3 is 2.82 bits per heavy atom. The minimum Gasteiger partial charge on any atom is -0.342 e. The van der Waals surface area contributed by atoms with Crippen LogP contribution in [-0.4, -0.2) is 52.7 Å². The van der Waals surface area contributed by atoms with Crippen LogP contribution in [0.15, 0.2) is 51.4 Å². The van der Waals surface area contributed by atoms with Crippen LogP contribution in [-0.2, 0) is 13.6 Å². The van der Waals surface area contributed by atoms with Gasteiger partial charge in [0.15, 0.2) is 16.3 Å². The first-order chi connectivity index (χ1) is 16.5. The third-order valence-electron chi connectivity index (χ3n) is 6.23. The maximum Gasteiger partial charge on any atom is 0.329 e. The molecule has 11 heteroatoms. The maximum absolute atomic E-state index is 12.8. The number of nitrogens with zero attached hydrogens (tertiary/aromatic N) is 7. The molecule has 1 saturated heterocycles. The summed E-state index contributed by atoms with van der Waals surface area (Å²) in [6, 6.07) is 10.00. The summed E-state index contributed by atoms with van der Waals surface area (Å²) in [6.07, 6.45) is 4.80. The number of H-pyrrole nitrogens is 1. The number of hydrogen-bond acceptors (Lipinski definition) is 7. The summed E-state index contributed by atoms with van der Waals surface area (Å²) < 4.78 is 5.37. The van der Waals surface area contributed by atoms with Gasteiger partial charge in [0.1, 0.15) is 6.33 Å². The quantitative estimate of drug-likeness (QED) is 0.320. The summed E-state index contributed by atoms with van der Waals surface area (Å²) in [5.41, 5.74) is 1.06. The Labute approximate surface area is 200 Å². The number of aryl methyl sites for hydroxylation is 2. The molecule has 4 aromatic rings.